The third-order valence-electron chi connectivity index (χ3n) is 12.7. The summed E-state index contributed by atoms with van der Waals surface area (Å²) >= 11 is 0. The van der Waals surface area contributed by atoms with Crippen LogP contribution in [0.1, 0.15) is 19.4 Å². The summed E-state index contributed by atoms with van der Waals surface area (Å²) in [6.07, 6.45) is 6.43. The van der Waals surface area contributed by atoms with E-state index < -0.39 is 22.2 Å². The van der Waals surface area contributed by atoms with Crippen LogP contribution < -0.4 is 37.2 Å². The molecule has 1 saturated heterocycles. The smallest absolute Gasteiger partial charge is 0.278 e. The summed E-state index contributed by atoms with van der Waals surface area (Å²) < 4.78 is 6.66. The number of rotatable bonds is 17. The van der Waals surface area contributed by atoms with Gasteiger partial charge in [0.05, 0.1) is 30.1 Å². The van der Waals surface area contributed by atoms with E-state index in [-0.39, 0.29) is 17.7 Å². The monoisotopic (exact) mass is 1030 g/mol. The van der Waals surface area contributed by atoms with Gasteiger partial charge in [0.25, 0.3) is 11.1 Å². The lowest BCUT2D eigenvalue weighted by molar-refractivity contribution is 0.0785. The van der Waals surface area contributed by atoms with E-state index in [4.69, 9.17) is 4.98 Å². The number of aromatic nitrogens is 8. The average molecular weight is 1030 g/mol. The molecule has 0 atom stereocenters. The van der Waals surface area contributed by atoms with Gasteiger partial charge in [0.15, 0.2) is 19.6 Å². The zero-order valence-corrected chi connectivity index (χ0v) is 45.2. The molecule has 8 aromatic rings. The van der Waals surface area contributed by atoms with Crippen molar-refractivity contribution in [3.63, 3.8) is 0 Å². The van der Waals surface area contributed by atoms with Crippen molar-refractivity contribution in [2.75, 3.05) is 60.6 Å². The van der Waals surface area contributed by atoms with Crippen LogP contribution >= 0.6 is 0 Å². The van der Waals surface area contributed by atoms with Gasteiger partial charge in [0.2, 0.25) is 20.2 Å². The number of nitrogens with one attached hydrogen (secondary N) is 3. The lowest BCUT2D eigenvalue weighted by atomic mass is 9.98. The number of allylic oxidation sites excluding steroid dienone is 2. The van der Waals surface area contributed by atoms with Crippen LogP contribution in [-0.2, 0) is 18.7 Å². The van der Waals surface area contributed by atoms with Crippen LogP contribution in [-0.4, -0.2) is 115 Å². The van der Waals surface area contributed by atoms with Crippen LogP contribution in [0.25, 0.3) is 33.4 Å². The number of anilines is 6. The number of aliphatic hydroxyl groups is 1. The maximum absolute atomic E-state index is 13.2. The first kappa shape index (κ1) is 52.8. The summed E-state index contributed by atoms with van der Waals surface area (Å²) in [5.41, 5.74) is 5.48. The first-order chi connectivity index (χ1) is 35.2. The molecule has 0 unspecified atom stereocenters. The van der Waals surface area contributed by atoms with Crippen LogP contribution in [0.15, 0.2) is 144 Å². The van der Waals surface area contributed by atoms with Gasteiger partial charge in [-0.25, -0.2) is 28.7 Å². The van der Waals surface area contributed by atoms with Crippen molar-refractivity contribution < 1.29 is 14.7 Å². The Kier molecular flexibility index (Phi) is 15.7. The molecule has 0 spiro atoms. The highest BCUT2D eigenvalue weighted by Gasteiger charge is 2.24. The molecule has 74 heavy (non-hydrogen) atoms. The highest BCUT2D eigenvalue weighted by Crippen LogP contribution is 2.26. The fraction of sp³-hybridized carbons (Fsp3) is 0.296. The first-order valence-electron chi connectivity index (χ1n) is 24.7. The van der Waals surface area contributed by atoms with Crippen molar-refractivity contribution in [3.05, 3.63) is 161 Å². The van der Waals surface area contributed by atoms with Gasteiger partial charge in [-0.2, -0.15) is 9.97 Å². The van der Waals surface area contributed by atoms with Gasteiger partial charge in [-0.15, -0.1) is 13.2 Å². The third-order valence-corrected chi connectivity index (χ3v) is 15.9. The van der Waals surface area contributed by atoms with Crippen LogP contribution in [0, 0.1) is 0 Å². The van der Waals surface area contributed by atoms with Gasteiger partial charge in [-0.1, -0.05) is 36.4 Å². The molecule has 20 heteroatoms. The van der Waals surface area contributed by atoms with Crippen LogP contribution in [0.3, 0.4) is 0 Å². The van der Waals surface area contributed by atoms with E-state index in [2.05, 4.69) is 73.0 Å². The van der Waals surface area contributed by atoms with Gasteiger partial charge in [0, 0.05) is 67.9 Å². The minimum absolute atomic E-state index is 0.191. The molecule has 0 aliphatic carbocycles. The van der Waals surface area contributed by atoms with Crippen LogP contribution in [0.2, 0.25) is 32.2 Å². The number of nitrogens with zero attached hydrogens (tertiary/aromatic N) is 10. The maximum Gasteiger partial charge on any atom is 0.278 e. The molecule has 0 bridgehead atoms. The minimum atomic E-state index is -2.55. The average Bonchev–Trinajstić information content (AvgIpc) is 3.79. The van der Waals surface area contributed by atoms with E-state index in [9.17, 15) is 24.3 Å². The molecule has 1 aliphatic heterocycles. The van der Waals surface area contributed by atoms with E-state index in [1.165, 1.54) is 11.9 Å². The fourth-order valence-corrected chi connectivity index (χ4v) is 10.3. The number of benzene rings is 4. The summed E-state index contributed by atoms with van der Waals surface area (Å²) in [5.74, 6) is 0.752. The molecule has 18 nitrogen and oxygen atoms in total. The third kappa shape index (κ3) is 12.3. The molecule has 5 heterocycles. The van der Waals surface area contributed by atoms with Crippen molar-refractivity contribution >= 4 is 78.5 Å². The molecule has 0 saturated carbocycles. The van der Waals surface area contributed by atoms with Crippen molar-refractivity contribution in [1.29, 1.82) is 0 Å². The normalized spacial score (nSPS) is 13.4. The van der Waals surface area contributed by atoms with Gasteiger partial charge in [0.1, 0.15) is 10.8 Å². The number of hydrogen-bond donors (Lipinski definition) is 6. The van der Waals surface area contributed by atoms with E-state index >= 15 is 0 Å². The second-order valence-electron chi connectivity index (χ2n) is 20.2. The lowest BCUT2D eigenvalue weighted by Gasteiger charge is -2.34. The zero-order chi connectivity index (χ0) is 53.0. The highest BCUT2D eigenvalue weighted by molar-refractivity contribution is 6.83. The Labute approximate surface area is 432 Å². The SMILES string of the molecule is C=CCn1c(=O)c2cnc(Nc3ccc(N4CCN(C)CC4)cc3)nc2n1-c1cccc([Si](C)(C)O)c1.C=CCn1c(=O)c2cnc(Nc3ccc(NCC[Si](C)(C)O)cc3)nc2n1-c1cccc(C(C)(C)O)c1. The number of hydrogen-bond acceptors (Lipinski definition) is 14. The Hall–Kier alpha value is -7.47. The summed E-state index contributed by atoms with van der Waals surface area (Å²) in [7, 11) is -2.48. The van der Waals surface area contributed by atoms with E-state index in [0.29, 0.717) is 46.2 Å². The van der Waals surface area contributed by atoms with Gasteiger partial charge in [-0.3, -0.25) is 9.59 Å². The minimum Gasteiger partial charge on any atom is -0.432 e. The van der Waals surface area contributed by atoms with Gasteiger partial charge in [-0.05, 0) is 137 Å². The maximum atomic E-state index is 13.2. The molecule has 4 aromatic heterocycles. The number of fused-ring (bicyclic) bond motifs is 2. The quantitative estimate of drug-likeness (QED) is 0.0401. The van der Waals surface area contributed by atoms with Gasteiger partial charge >= 0.3 is 0 Å². The second-order valence-corrected chi connectivity index (χ2v) is 28.0. The Morgan fingerprint density at radius 1 is 0.662 bits per heavy atom. The summed E-state index contributed by atoms with van der Waals surface area (Å²) in [6.45, 7) is 24.1. The highest BCUT2D eigenvalue weighted by atomic mass is 28.4. The molecule has 0 amide bonds. The molecule has 0 radical (unpaired) electrons. The van der Waals surface area contributed by atoms with E-state index in [1.54, 1.807) is 50.9 Å². The Morgan fingerprint density at radius 2 is 1.15 bits per heavy atom. The Bertz CT molecular complexity index is 3390. The van der Waals surface area contributed by atoms with E-state index in [1.807, 2.05) is 111 Å². The largest absolute Gasteiger partial charge is 0.432 e. The fourth-order valence-electron chi connectivity index (χ4n) is 8.58. The molecule has 9 rings (SSSR count). The predicted molar refractivity (Wildman–Crippen MR) is 303 cm³/mol. The first-order valence-corrected chi connectivity index (χ1v) is 30.8. The Balaban J connectivity index is 0.000000197. The molecule has 6 N–H and O–H groups in total. The second kappa shape index (κ2) is 21.9. The molecular weight excluding hydrogens is 967 g/mol. The summed E-state index contributed by atoms with van der Waals surface area (Å²) in [5, 5.41) is 22.0. The van der Waals surface area contributed by atoms with Crippen molar-refractivity contribution in [1.82, 2.24) is 43.6 Å². The Morgan fingerprint density at radius 3 is 1.64 bits per heavy atom. The van der Waals surface area contributed by atoms with Crippen molar-refractivity contribution in [3.8, 4) is 11.4 Å². The number of likely N-dealkylation sites (N-methyl/N-ethyl adjacent to an activating group) is 1. The van der Waals surface area contributed by atoms with Crippen molar-refractivity contribution in [2.45, 2.75) is 64.8 Å². The van der Waals surface area contributed by atoms with Crippen LogP contribution in [0.4, 0.5) is 34.6 Å². The lowest BCUT2D eigenvalue weighted by Crippen LogP contribution is -2.44. The van der Waals surface area contributed by atoms with E-state index in [0.717, 1.165) is 72.3 Å². The standard InChI is InChI=1S/C27H33N7O2Si.C27H34N6O3Si/c1-5-13-33-26(35)24-19-28-27(29-20-9-11-21(12-10-20)32-16-14-31(2)15-17-32)30-25(24)34(33)22-7-6-8-23(18-22)37(3,4)36;1-6-15-32-25(34)23-18-29-26(30-21-12-10-20(11-13-21)28-14-16-37(4,5)36)31-24(23)33(32)22-9-7-8-19(17-22)27(2,3)35/h5-12,18-19,36H,1,13-17H2,2-4H3,(H,28,29,30);6-13,17-18,28,35-36H,1,14-16H2,2-5H3,(H,29,30,31). The van der Waals surface area contributed by atoms with Crippen LogP contribution in [0.5, 0.6) is 0 Å². The zero-order valence-electron chi connectivity index (χ0n) is 43.2. The summed E-state index contributed by atoms with van der Waals surface area (Å²) in [4.78, 5) is 70.0. The summed E-state index contributed by atoms with van der Waals surface area (Å²) in [6, 6.07) is 31.8. The molecule has 4 aromatic carbocycles. The molecule has 1 aliphatic rings. The predicted octanol–water partition coefficient (Wildman–Crippen LogP) is 7.02. The number of piperazine rings is 1. The molecular formula is C54H67N13O5Si2. The van der Waals surface area contributed by atoms with Gasteiger partial charge < -0.3 is 40.4 Å². The van der Waals surface area contributed by atoms with Crippen molar-refractivity contribution in [2.24, 2.45) is 0 Å². The molecule has 1 fully saturated rings. The topological polar surface area (TPSA) is 209 Å². The molecule has 386 valence electrons.